The Bertz CT molecular complexity index is 431. The minimum absolute atomic E-state index is 0.0901. The Morgan fingerprint density at radius 1 is 1.33 bits per heavy atom. The van der Waals surface area contributed by atoms with Gasteiger partial charge in [-0.1, -0.05) is 6.42 Å². The van der Waals surface area contributed by atoms with Gasteiger partial charge in [0.05, 0.1) is 19.9 Å². The molecule has 2 rings (SSSR count). The maximum atomic E-state index is 11.9. The molecule has 1 aromatic rings. The first-order chi connectivity index (χ1) is 8.76. The Morgan fingerprint density at radius 3 is 2.83 bits per heavy atom. The lowest BCUT2D eigenvalue weighted by atomic mass is 9.84. The second-order valence-electron chi connectivity index (χ2n) is 4.61. The highest BCUT2D eigenvalue weighted by Crippen LogP contribution is 2.32. The van der Waals surface area contributed by atoms with Crippen LogP contribution in [0.4, 0.5) is 0 Å². The lowest BCUT2D eigenvalue weighted by Gasteiger charge is -2.21. The van der Waals surface area contributed by atoms with Crippen molar-refractivity contribution < 1.29 is 14.3 Å². The van der Waals surface area contributed by atoms with E-state index in [1.165, 1.54) is 0 Å². The fourth-order valence-electron chi connectivity index (χ4n) is 2.50. The van der Waals surface area contributed by atoms with E-state index in [1.54, 1.807) is 26.5 Å². The Morgan fingerprint density at radius 2 is 2.17 bits per heavy atom. The van der Waals surface area contributed by atoms with Crippen LogP contribution >= 0.6 is 0 Å². The second-order valence-corrected chi connectivity index (χ2v) is 4.61. The fraction of sp³-hybridized carbons (Fsp3) is 0.571. The summed E-state index contributed by atoms with van der Waals surface area (Å²) >= 11 is 0. The van der Waals surface area contributed by atoms with Crippen molar-refractivity contribution in [1.29, 1.82) is 0 Å². The maximum Gasteiger partial charge on any atom is 0.182 e. The summed E-state index contributed by atoms with van der Waals surface area (Å²) < 4.78 is 10.6. The summed E-state index contributed by atoms with van der Waals surface area (Å²) in [6, 6.07) is 1.77. The molecule has 1 atom stereocenters. The van der Waals surface area contributed by atoms with Gasteiger partial charge >= 0.3 is 0 Å². The summed E-state index contributed by atoms with van der Waals surface area (Å²) in [7, 11) is 3.21. The van der Waals surface area contributed by atoms with Crippen molar-refractivity contribution in [3.05, 3.63) is 18.0 Å². The molecule has 0 amide bonds. The first-order valence-corrected chi connectivity index (χ1v) is 6.34. The highest BCUT2D eigenvalue weighted by molar-refractivity contribution is 5.81. The van der Waals surface area contributed by atoms with E-state index in [0.29, 0.717) is 30.1 Å². The molecule has 0 N–H and O–H groups in total. The van der Waals surface area contributed by atoms with Crippen molar-refractivity contribution in [3.8, 4) is 11.5 Å². The summed E-state index contributed by atoms with van der Waals surface area (Å²) in [6.45, 7) is 0. The van der Waals surface area contributed by atoms with Gasteiger partial charge in [-0.15, -0.1) is 0 Å². The number of Topliss-reactive ketones (excluding diaryl/α,β-unsaturated/α-hetero) is 1. The Kier molecular flexibility index (Phi) is 4.18. The lowest BCUT2D eigenvalue weighted by Crippen LogP contribution is -2.21. The van der Waals surface area contributed by atoms with Gasteiger partial charge in [0.1, 0.15) is 5.78 Å². The van der Waals surface area contributed by atoms with Crippen LogP contribution in [-0.4, -0.2) is 25.0 Å². The van der Waals surface area contributed by atoms with Crippen LogP contribution in [0.25, 0.3) is 0 Å². The summed E-state index contributed by atoms with van der Waals surface area (Å²) in [5, 5.41) is 0. The van der Waals surface area contributed by atoms with Crippen molar-refractivity contribution in [2.45, 2.75) is 32.1 Å². The number of pyridine rings is 1. The van der Waals surface area contributed by atoms with E-state index in [4.69, 9.17) is 9.47 Å². The lowest BCUT2D eigenvalue weighted by molar-refractivity contribution is -0.124. The van der Waals surface area contributed by atoms with Crippen LogP contribution < -0.4 is 9.47 Å². The number of ketones is 1. The van der Waals surface area contributed by atoms with Gasteiger partial charge in [0.2, 0.25) is 0 Å². The number of hydrogen-bond acceptors (Lipinski definition) is 4. The van der Waals surface area contributed by atoms with Gasteiger partial charge in [-0.05, 0) is 12.8 Å². The van der Waals surface area contributed by atoms with Gasteiger partial charge in [-0.25, -0.2) is 0 Å². The summed E-state index contributed by atoms with van der Waals surface area (Å²) in [6.07, 6.45) is 6.17. The topological polar surface area (TPSA) is 48.4 Å². The Labute approximate surface area is 107 Å². The molecule has 0 spiro atoms. The maximum absolute atomic E-state index is 11.9. The molecule has 18 heavy (non-hydrogen) atoms. The van der Waals surface area contributed by atoms with Crippen LogP contribution in [0.1, 0.15) is 31.4 Å². The second kappa shape index (κ2) is 5.85. The SMILES string of the molecule is COc1ccnc(CC2CCCCC2=O)c1OC. The van der Waals surface area contributed by atoms with Gasteiger partial charge in [-0.2, -0.15) is 0 Å². The van der Waals surface area contributed by atoms with Crippen LogP contribution in [0.15, 0.2) is 12.3 Å². The molecular weight excluding hydrogens is 230 g/mol. The number of hydrogen-bond donors (Lipinski definition) is 0. The molecule has 1 fully saturated rings. The third kappa shape index (κ3) is 2.63. The normalized spacial score (nSPS) is 19.7. The number of carbonyl (C=O) groups is 1. The van der Waals surface area contributed by atoms with Gasteiger partial charge in [0, 0.05) is 31.0 Å². The number of methoxy groups -OCH3 is 2. The highest BCUT2D eigenvalue weighted by Gasteiger charge is 2.25. The molecule has 1 saturated carbocycles. The number of rotatable bonds is 4. The third-order valence-electron chi connectivity index (χ3n) is 3.49. The van der Waals surface area contributed by atoms with E-state index in [-0.39, 0.29) is 5.92 Å². The van der Waals surface area contributed by atoms with Crippen LogP contribution in [0.5, 0.6) is 11.5 Å². The van der Waals surface area contributed by atoms with Crippen molar-refractivity contribution >= 4 is 5.78 Å². The minimum Gasteiger partial charge on any atom is -0.493 e. The van der Waals surface area contributed by atoms with Gasteiger partial charge in [0.15, 0.2) is 11.5 Å². The Hall–Kier alpha value is -1.58. The smallest absolute Gasteiger partial charge is 0.182 e. The molecule has 1 unspecified atom stereocenters. The highest BCUT2D eigenvalue weighted by atomic mass is 16.5. The monoisotopic (exact) mass is 249 g/mol. The molecule has 4 heteroatoms. The first kappa shape index (κ1) is 12.9. The number of ether oxygens (including phenoxy) is 2. The zero-order valence-corrected chi connectivity index (χ0v) is 10.9. The number of aromatic nitrogens is 1. The molecule has 1 heterocycles. The average molecular weight is 249 g/mol. The van der Waals surface area contributed by atoms with E-state index < -0.39 is 0 Å². The average Bonchev–Trinajstić information content (AvgIpc) is 2.41. The summed E-state index contributed by atoms with van der Waals surface area (Å²) in [5.74, 6) is 1.77. The van der Waals surface area contributed by atoms with Crippen molar-refractivity contribution in [1.82, 2.24) is 4.98 Å². The predicted molar refractivity (Wildman–Crippen MR) is 68.0 cm³/mol. The molecule has 0 bridgehead atoms. The van der Waals surface area contributed by atoms with Crippen molar-refractivity contribution in [3.63, 3.8) is 0 Å². The van der Waals surface area contributed by atoms with E-state index in [9.17, 15) is 4.79 Å². The zero-order valence-electron chi connectivity index (χ0n) is 10.9. The molecule has 4 nitrogen and oxygen atoms in total. The van der Waals surface area contributed by atoms with Crippen molar-refractivity contribution in [2.75, 3.05) is 14.2 Å². The molecule has 98 valence electrons. The van der Waals surface area contributed by atoms with Gasteiger partial charge < -0.3 is 9.47 Å². The Balaban J connectivity index is 2.20. The molecule has 0 radical (unpaired) electrons. The summed E-state index contributed by atoms with van der Waals surface area (Å²) in [4.78, 5) is 16.2. The zero-order chi connectivity index (χ0) is 13.0. The van der Waals surface area contributed by atoms with Gasteiger partial charge in [-0.3, -0.25) is 9.78 Å². The van der Waals surface area contributed by atoms with E-state index >= 15 is 0 Å². The van der Waals surface area contributed by atoms with Crippen molar-refractivity contribution in [2.24, 2.45) is 5.92 Å². The number of nitrogens with zero attached hydrogens (tertiary/aromatic N) is 1. The van der Waals surface area contributed by atoms with E-state index in [0.717, 1.165) is 25.0 Å². The van der Waals surface area contributed by atoms with Crippen LogP contribution in [0.3, 0.4) is 0 Å². The predicted octanol–water partition coefficient (Wildman–Crippen LogP) is 2.40. The van der Waals surface area contributed by atoms with E-state index in [1.807, 2.05) is 0 Å². The van der Waals surface area contributed by atoms with Crippen LogP contribution in [-0.2, 0) is 11.2 Å². The number of carbonyl (C=O) groups excluding carboxylic acids is 1. The van der Waals surface area contributed by atoms with Crippen LogP contribution in [0, 0.1) is 5.92 Å². The molecule has 1 aliphatic rings. The molecule has 0 aromatic carbocycles. The first-order valence-electron chi connectivity index (χ1n) is 6.34. The standard InChI is InChI=1S/C14H19NO3/c1-17-13-7-8-15-11(14(13)18-2)9-10-5-3-4-6-12(10)16/h7-8,10H,3-6,9H2,1-2H3. The third-order valence-corrected chi connectivity index (χ3v) is 3.49. The van der Waals surface area contributed by atoms with E-state index in [2.05, 4.69) is 4.98 Å². The van der Waals surface area contributed by atoms with Crippen LogP contribution in [0.2, 0.25) is 0 Å². The fourth-order valence-corrected chi connectivity index (χ4v) is 2.50. The largest absolute Gasteiger partial charge is 0.493 e. The molecule has 1 aromatic heterocycles. The molecular formula is C14H19NO3. The summed E-state index contributed by atoms with van der Waals surface area (Å²) in [5.41, 5.74) is 0.817. The van der Waals surface area contributed by atoms with Gasteiger partial charge in [0.25, 0.3) is 0 Å². The molecule has 1 aliphatic carbocycles. The molecule has 0 aliphatic heterocycles. The molecule has 0 saturated heterocycles. The minimum atomic E-state index is 0.0901. The quantitative estimate of drug-likeness (QED) is 0.822.